The summed E-state index contributed by atoms with van der Waals surface area (Å²) in [5, 5.41) is 0. The van der Waals surface area contributed by atoms with Gasteiger partial charge in [-0.2, -0.15) is 0 Å². The topological polar surface area (TPSA) is 41.7 Å². The monoisotopic (exact) mass is 257 g/mol. The molecule has 1 saturated heterocycles. The highest BCUT2D eigenvalue weighted by Crippen LogP contribution is 2.28. The molecule has 2 N–H and O–H groups in total. The highest BCUT2D eigenvalue weighted by atomic mass is 16.5. The smallest absolute Gasteiger partial charge is 0.0589 e. The lowest BCUT2D eigenvalue weighted by atomic mass is 9.85. The van der Waals surface area contributed by atoms with Gasteiger partial charge in [0.1, 0.15) is 0 Å². The van der Waals surface area contributed by atoms with Crippen molar-refractivity contribution < 1.29 is 4.74 Å². The minimum Gasteiger partial charge on any atom is -0.383 e. The Balaban J connectivity index is 2.62. The summed E-state index contributed by atoms with van der Waals surface area (Å²) in [7, 11) is 1.77. The molecule has 0 aromatic carbocycles. The molecule has 1 heterocycles. The SMILES string of the molecule is CCN(CCOC)C1(CN)CCN(C(C)C)CC1. The Morgan fingerprint density at radius 1 is 1.33 bits per heavy atom. The molecule has 1 aliphatic heterocycles. The van der Waals surface area contributed by atoms with Gasteiger partial charge < -0.3 is 15.4 Å². The molecule has 0 aromatic rings. The van der Waals surface area contributed by atoms with Crippen LogP contribution in [0.25, 0.3) is 0 Å². The Bertz CT molecular complexity index is 225. The molecule has 0 saturated carbocycles. The van der Waals surface area contributed by atoms with Crippen LogP contribution < -0.4 is 5.73 Å². The third-order valence-electron chi connectivity index (χ3n) is 4.46. The van der Waals surface area contributed by atoms with Crippen molar-refractivity contribution in [1.29, 1.82) is 0 Å². The van der Waals surface area contributed by atoms with E-state index in [0.29, 0.717) is 6.04 Å². The van der Waals surface area contributed by atoms with Crippen LogP contribution in [0.3, 0.4) is 0 Å². The van der Waals surface area contributed by atoms with Crippen molar-refractivity contribution in [2.45, 2.75) is 45.2 Å². The third kappa shape index (κ3) is 3.67. The number of nitrogens with zero attached hydrogens (tertiary/aromatic N) is 2. The zero-order chi connectivity index (χ0) is 13.6. The highest BCUT2D eigenvalue weighted by molar-refractivity contribution is 4.96. The lowest BCUT2D eigenvalue weighted by Gasteiger charge is -2.49. The molecule has 4 heteroatoms. The number of likely N-dealkylation sites (N-methyl/N-ethyl adjacent to an activating group) is 1. The third-order valence-corrected chi connectivity index (χ3v) is 4.46. The van der Waals surface area contributed by atoms with Gasteiger partial charge in [0.05, 0.1) is 6.61 Å². The molecule has 1 rings (SSSR count). The number of nitrogens with two attached hydrogens (primary N) is 1. The summed E-state index contributed by atoms with van der Waals surface area (Å²) >= 11 is 0. The second kappa shape index (κ2) is 7.43. The van der Waals surface area contributed by atoms with E-state index in [1.54, 1.807) is 7.11 Å². The fourth-order valence-corrected chi connectivity index (χ4v) is 3.04. The zero-order valence-corrected chi connectivity index (χ0v) is 12.6. The molecular weight excluding hydrogens is 226 g/mol. The largest absolute Gasteiger partial charge is 0.383 e. The molecule has 0 aromatic heterocycles. The van der Waals surface area contributed by atoms with E-state index in [2.05, 4.69) is 30.6 Å². The van der Waals surface area contributed by atoms with E-state index in [4.69, 9.17) is 10.5 Å². The number of piperidine rings is 1. The average molecular weight is 257 g/mol. The summed E-state index contributed by atoms with van der Waals surface area (Å²) in [6, 6.07) is 0.648. The molecule has 0 unspecified atom stereocenters. The Labute approximate surface area is 112 Å². The van der Waals surface area contributed by atoms with Crippen LogP contribution in [0.5, 0.6) is 0 Å². The van der Waals surface area contributed by atoms with Crippen LogP contribution in [0.4, 0.5) is 0 Å². The van der Waals surface area contributed by atoms with E-state index in [1.807, 2.05) is 0 Å². The number of likely N-dealkylation sites (tertiary alicyclic amines) is 1. The van der Waals surface area contributed by atoms with Gasteiger partial charge in [0.15, 0.2) is 0 Å². The molecule has 0 aliphatic carbocycles. The molecule has 0 bridgehead atoms. The van der Waals surface area contributed by atoms with E-state index >= 15 is 0 Å². The zero-order valence-electron chi connectivity index (χ0n) is 12.6. The summed E-state index contributed by atoms with van der Waals surface area (Å²) in [5.74, 6) is 0. The molecule has 0 atom stereocenters. The Hall–Kier alpha value is -0.160. The van der Waals surface area contributed by atoms with E-state index in [-0.39, 0.29) is 5.54 Å². The molecule has 1 aliphatic rings. The van der Waals surface area contributed by atoms with Crippen molar-refractivity contribution in [1.82, 2.24) is 9.80 Å². The quantitative estimate of drug-likeness (QED) is 0.743. The van der Waals surface area contributed by atoms with Crippen molar-refractivity contribution in [2.24, 2.45) is 5.73 Å². The highest BCUT2D eigenvalue weighted by Gasteiger charge is 2.38. The molecule has 18 heavy (non-hydrogen) atoms. The lowest BCUT2D eigenvalue weighted by molar-refractivity contribution is 0.00723. The predicted octanol–water partition coefficient (Wildman–Crippen LogP) is 1.16. The Morgan fingerprint density at radius 3 is 2.33 bits per heavy atom. The number of ether oxygens (including phenoxy) is 1. The first-order chi connectivity index (χ1) is 8.59. The first kappa shape index (κ1) is 15.9. The molecular formula is C14H31N3O. The number of methoxy groups -OCH3 is 1. The standard InChI is InChI=1S/C14H31N3O/c1-5-17(10-11-18-4)14(12-15)6-8-16(9-7-14)13(2)3/h13H,5-12,15H2,1-4H3. The summed E-state index contributed by atoms with van der Waals surface area (Å²) in [4.78, 5) is 5.08. The van der Waals surface area contributed by atoms with Gasteiger partial charge in [-0.25, -0.2) is 0 Å². The molecule has 4 nitrogen and oxygen atoms in total. The van der Waals surface area contributed by atoms with Gasteiger partial charge in [0, 0.05) is 44.9 Å². The molecule has 0 spiro atoms. The Morgan fingerprint density at radius 2 is 1.94 bits per heavy atom. The van der Waals surface area contributed by atoms with E-state index < -0.39 is 0 Å². The molecule has 0 amide bonds. The minimum atomic E-state index is 0.193. The minimum absolute atomic E-state index is 0.193. The maximum Gasteiger partial charge on any atom is 0.0589 e. The van der Waals surface area contributed by atoms with Gasteiger partial charge in [-0.1, -0.05) is 6.92 Å². The second-order valence-corrected chi connectivity index (χ2v) is 5.63. The van der Waals surface area contributed by atoms with Crippen LogP contribution in [0.2, 0.25) is 0 Å². The Kier molecular flexibility index (Phi) is 6.57. The molecule has 108 valence electrons. The van der Waals surface area contributed by atoms with Crippen LogP contribution in [-0.2, 0) is 4.74 Å². The van der Waals surface area contributed by atoms with Crippen LogP contribution in [0.1, 0.15) is 33.6 Å². The summed E-state index contributed by atoms with van der Waals surface area (Å²) < 4.78 is 5.22. The van der Waals surface area contributed by atoms with Crippen molar-refractivity contribution >= 4 is 0 Å². The number of hydrogen-bond acceptors (Lipinski definition) is 4. The summed E-state index contributed by atoms with van der Waals surface area (Å²) in [6.45, 7) is 12.7. The maximum absolute atomic E-state index is 6.11. The van der Waals surface area contributed by atoms with Crippen LogP contribution in [0.15, 0.2) is 0 Å². The molecule has 0 radical (unpaired) electrons. The fraction of sp³-hybridized carbons (Fsp3) is 1.00. The van der Waals surface area contributed by atoms with Crippen molar-refractivity contribution in [2.75, 3.05) is 46.4 Å². The van der Waals surface area contributed by atoms with Gasteiger partial charge in [0.2, 0.25) is 0 Å². The van der Waals surface area contributed by atoms with E-state index in [1.165, 1.54) is 25.9 Å². The van der Waals surface area contributed by atoms with E-state index in [0.717, 1.165) is 26.2 Å². The molecule has 1 fully saturated rings. The van der Waals surface area contributed by atoms with Crippen molar-refractivity contribution in [3.05, 3.63) is 0 Å². The first-order valence-electron chi connectivity index (χ1n) is 7.27. The fourth-order valence-electron chi connectivity index (χ4n) is 3.04. The van der Waals surface area contributed by atoms with Gasteiger partial charge in [0.25, 0.3) is 0 Å². The van der Waals surface area contributed by atoms with Crippen molar-refractivity contribution in [3.63, 3.8) is 0 Å². The summed E-state index contributed by atoms with van der Waals surface area (Å²) in [6.07, 6.45) is 2.36. The second-order valence-electron chi connectivity index (χ2n) is 5.63. The normalized spacial score (nSPS) is 20.8. The number of hydrogen-bond donors (Lipinski definition) is 1. The van der Waals surface area contributed by atoms with Gasteiger partial charge in [-0.3, -0.25) is 4.90 Å². The van der Waals surface area contributed by atoms with Crippen LogP contribution in [0, 0.1) is 0 Å². The summed E-state index contributed by atoms with van der Waals surface area (Å²) in [5.41, 5.74) is 6.30. The lowest BCUT2D eigenvalue weighted by Crippen LogP contribution is -2.60. The van der Waals surface area contributed by atoms with Gasteiger partial charge in [-0.15, -0.1) is 0 Å². The van der Waals surface area contributed by atoms with Crippen LogP contribution >= 0.6 is 0 Å². The van der Waals surface area contributed by atoms with Gasteiger partial charge >= 0.3 is 0 Å². The first-order valence-corrected chi connectivity index (χ1v) is 7.27. The predicted molar refractivity (Wildman–Crippen MR) is 76.9 cm³/mol. The van der Waals surface area contributed by atoms with E-state index in [9.17, 15) is 0 Å². The van der Waals surface area contributed by atoms with Crippen molar-refractivity contribution in [3.8, 4) is 0 Å². The van der Waals surface area contributed by atoms with Crippen LogP contribution in [-0.4, -0.2) is 67.8 Å². The maximum atomic E-state index is 6.11. The van der Waals surface area contributed by atoms with Gasteiger partial charge in [-0.05, 0) is 33.2 Å². The number of rotatable bonds is 7. The average Bonchev–Trinajstić information content (AvgIpc) is 2.40.